The fraction of sp³-hybridized carbons (Fsp3) is 0.471. The zero-order valence-corrected chi connectivity index (χ0v) is 18.7. The molecule has 0 atom stereocenters. The SMILES string of the molecule is CN=C(NCc1cccnc1OCCOC)N(C)Cc1csc(C)n1.I. The lowest BCUT2D eigenvalue weighted by atomic mass is 10.2. The zero-order chi connectivity index (χ0) is 18.1. The van der Waals surface area contributed by atoms with Gasteiger partial charge in [0, 0.05) is 44.9 Å². The van der Waals surface area contributed by atoms with E-state index in [1.807, 2.05) is 31.0 Å². The minimum absolute atomic E-state index is 0. The number of guanidine groups is 1. The number of nitrogens with zero attached hydrogens (tertiary/aromatic N) is 4. The molecule has 2 heterocycles. The van der Waals surface area contributed by atoms with E-state index in [-0.39, 0.29) is 24.0 Å². The van der Waals surface area contributed by atoms with E-state index in [9.17, 15) is 0 Å². The Bertz CT molecular complexity index is 695. The van der Waals surface area contributed by atoms with Crippen molar-refractivity contribution >= 4 is 41.3 Å². The standard InChI is InChI=1S/C17H25N5O2S.HI/c1-13-21-15(12-25-13)11-22(3)17(18-2)20-10-14-6-5-7-19-16(14)24-9-8-23-4;/h5-7,12H,8-11H2,1-4H3,(H,18,20);1H. The molecule has 7 nitrogen and oxygen atoms in total. The van der Waals surface area contributed by atoms with E-state index in [4.69, 9.17) is 9.47 Å². The first-order chi connectivity index (χ1) is 12.1. The fourth-order valence-electron chi connectivity index (χ4n) is 2.27. The number of hydrogen-bond donors (Lipinski definition) is 1. The van der Waals surface area contributed by atoms with Crippen molar-refractivity contribution in [3.63, 3.8) is 0 Å². The second kappa shape index (κ2) is 12.0. The number of ether oxygens (including phenoxy) is 2. The Morgan fingerprint density at radius 1 is 1.38 bits per heavy atom. The van der Waals surface area contributed by atoms with Gasteiger partial charge in [-0.2, -0.15) is 0 Å². The number of aromatic nitrogens is 2. The molecule has 0 bridgehead atoms. The highest BCUT2D eigenvalue weighted by Gasteiger charge is 2.10. The molecule has 0 aromatic carbocycles. The summed E-state index contributed by atoms with van der Waals surface area (Å²) in [6.45, 7) is 4.28. The summed E-state index contributed by atoms with van der Waals surface area (Å²) in [5, 5.41) is 6.48. The summed E-state index contributed by atoms with van der Waals surface area (Å²) in [6.07, 6.45) is 1.72. The summed E-state index contributed by atoms with van der Waals surface area (Å²) in [5.41, 5.74) is 2.01. The van der Waals surface area contributed by atoms with Gasteiger partial charge < -0.3 is 19.7 Å². The van der Waals surface area contributed by atoms with Gasteiger partial charge in [-0.15, -0.1) is 35.3 Å². The molecule has 0 aliphatic carbocycles. The molecule has 2 rings (SSSR count). The van der Waals surface area contributed by atoms with Crippen LogP contribution in [0.15, 0.2) is 28.7 Å². The highest BCUT2D eigenvalue weighted by atomic mass is 127. The van der Waals surface area contributed by atoms with E-state index in [1.54, 1.807) is 31.7 Å². The van der Waals surface area contributed by atoms with Crippen molar-refractivity contribution in [2.75, 3.05) is 34.4 Å². The maximum Gasteiger partial charge on any atom is 0.218 e. The molecule has 1 N–H and O–H groups in total. The van der Waals surface area contributed by atoms with Crippen LogP contribution in [0.1, 0.15) is 16.3 Å². The second-order valence-corrected chi connectivity index (χ2v) is 6.49. The number of aliphatic imine (C=N–C) groups is 1. The van der Waals surface area contributed by atoms with Crippen LogP contribution in [0.25, 0.3) is 0 Å². The van der Waals surface area contributed by atoms with Crippen LogP contribution in [-0.2, 0) is 17.8 Å². The number of rotatable bonds is 8. The minimum atomic E-state index is 0. The lowest BCUT2D eigenvalue weighted by Gasteiger charge is -2.21. The summed E-state index contributed by atoms with van der Waals surface area (Å²) in [7, 11) is 5.40. The first-order valence-corrected chi connectivity index (χ1v) is 8.90. The third-order valence-electron chi connectivity index (χ3n) is 3.45. The van der Waals surface area contributed by atoms with Crippen molar-refractivity contribution in [1.82, 2.24) is 20.2 Å². The Morgan fingerprint density at radius 2 is 2.19 bits per heavy atom. The largest absolute Gasteiger partial charge is 0.475 e. The number of thiazole rings is 1. The first-order valence-electron chi connectivity index (χ1n) is 8.02. The van der Waals surface area contributed by atoms with Crippen molar-refractivity contribution in [3.05, 3.63) is 40.0 Å². The molecule has 26 heavy (non-hydrogen) atoms. The van der Waals surface area contributed by atoms with Gasteiger partial charge in [0.25, 0.3) is 0 Å². The molecule has 9 heteroatoms. The van der Waals surface area contributed by atoms with E-state index < -0.39 is 0 Å². The Morgan fingerprint density at radius 3 is 2.85 bits per heavy atom. The maximum absolute atomic E-state index is 5.66. The van der Waals surface area contributed by atoms with Crippen molar-refractivity contribution in [2.45, 2.75) is 20.0 Å². The molecule has 0 amide bonds. The Hall–Kier alpha value is -1.46. The summed E-state index contributed by atoms with van der Waals surface area (Å²) < 4.78 is 10.7. The summed E-state index contributed by atoms with van der Waals surface area (Å²) in [5.74, 6) is 1.40. The normalized spacial score (nSPS) is 11.0. The fourth-order valence-corrected chi connectivity index (χ4v) is 2.87. The van der Waals surface area contributed by atoms with Gasteiger partial charge in [0.05, 0.1) is 23.9 Å². The van der Waals surface area contributed by atoms with Crippen molar-refractivity contribution in [2.24, 2.45) is 4.99 Å². The molecular formula is C17H26IN5O2S. The van der Waals surface area contributed by atoms with Crippen LogP contribution in [0.3, 0.4) is 0 Å². The van der Waals surface area contributed by atoms with Crippen molar-refractivity contribution in [1.29, 1.82) is 0 Å². The first kappa shape index (κ1) is 22.6. The van der Waals surface area contributed by atoms with Gasteiger partial charge in [-0.3, -0.25) is 4.99 Å². The van der Waals surface area contributed by atoms with Crippen LogP contribution in [0.5, 0.6) is 5.88 Å². The predicted molar refractivity (Wildman–Crippen MR) is 116 cm³/mol. The van der Waals surface area contributed by atoms with E-state index in [1.165, 1.54) is 0 Å². The Labute approximate surface area is 175 Å². The molecule has 0 fully saturated rings. The van der Waals surface area contributed by atoms with Gasteiger partial charge >= 0.3 is 0 Å². The molecule has 0 saturated heterocycles. The second-order valence-electron chi connectivity index (χ2n) is 5.42. The molecule has 0 saturated carbocycles. The van der Waals surface area contributed by atoms with Gasteiger partial charge in [-0.05, 0) is 13.0 Å². The molecule has 0 aliphatic heterocycles. The minimum Gasteiger partial charge on any atom is -0.475 e. The molecule has 0 aliphatic rings. The van der Waals surface area contributed by atoms with Gasteiger partial charge in [-0.25, -0.2) is 9.97 Å². The van der Waals surface area contributed by atoms with E-state index >= 15 is 0 Å². The smallest absolute Gasteiger partial charge is 0.218 e. The van der Waals surface area contributed by atoms with Gasteiger partial charge in [-0.1, -0.05) is 6.07 Å². The maximum atomic E-state index is 5.66. The average Bonchev–Trinajstić information content (AvgIpc) is 3.01. The lowest BCUT2D eigenvalue weighted by molar-refractivity contribution is 0.143. The number of nitrogens with one attached hydrogen (secondary N) is 1. The zero-order valence-electron chi connectivity index (χ0n) is 15.6. The Kier molecular flexibility index (Phi) is 10.4. The number of hydrogen-bond acceptors (Lipinski definition) is 6. The number of halogens is 1. The molecule has 144 valence electrons. The number of aryl methyl sites for hydroxylation is 1. The van der Waals surface area contributed by atoms with Gasteiger partial charge in [0.15, 0.2) is 5.96 Å². The number of methoxy groups -OCH3 is 1. The molecule has 0 unspecified atom stereocenters. The molecule has 2 aromatic rings. The highest BCUT2D eigenvalue weighted by molar-refractivity contribution is 14.0. The Balaban J connectivity index is 0.00000338. The quantitative estimate of drug-likeness (QED) is 0.265. The van der Waals surface area contributed by atoms with Crippen LogP contribution >= 0.6 is 35.3 Å². The summed E-state index contributed by atoms with van der Waals surface area (Å²) in [4.78, 5) is 15.2. The van der Waals surface area contributed by atoms with Crippen LogP contribution in [0, 0.1) is 6.92 Å². The van der Waals surface area contributed by atoms with Gasteiger partial charge in [0.1, 0.15) is 6.61 Å². The molecule has 2 aromatic heterocycles. The van der Waals surface area contributed by atoms with Gasteiger partial charge in [0.2, 0.25) is 5.88 Å². The highest BCUT2D eigenvalue weighted by Crippen LogP contribution is 2.14. The van der Waals surface area contributed by atoms with Crippen LogP contribution in [0.2, 0.25) is 0 Å². The summed E-state index contributed by atoms with van der Waals surface area (Å²) >= 11 is 1.65. The average molecular weight is 491 g/mol. The van der Waals surface area contributed by atoms with Crippen LogP contribution < -0.4 is 10.1 Å². The monoisotopic (exact) mass is 491 g/mol. The van der Waals surface area contributed by atoms with E-state index in [2.05, 4.69) is 25.7 Å². The topological polar surface area (TPSA) is 71.9 Å². The van der Waals surface area contributed by atoms with E-state index in [0.29, 0.717) is 32.2 Å². The van der Waals surface area contributed by atoms with Crippen LogP contribution in [0.4, 0.5) is 0 Å². The third kappa shape index (κ3) is 7.04. The molecular weight excluding hydrogens is 465 g/mol. The lowest BCUT2D eigenvalue weighted by Crippen LogP contribution is -2.38. The van der Waals surface area contributed by atoms with Crippen LogP contribution in [-0.4, -0.2) is 55.2 Å². The summed E-state index contributed by atoms with van der Waals surface area (Å²) in [6, 6.07) is 3.88. The third-order valence-corrected chi connectivity index (χ3v) is 4.27. The van der Waals surface area contributed by atoms with Crippen molar-refractivity contribution in [3.8, 4) is 5.88 Å². The van der Waals surface area contributed by atoms with Crippen molar-refractivity contribution < 1.29 is 9.47 Å². The van der Waals surface area contributed by atoms with E-state index in [0.717, 1.165) is 22.2 Å². The number of pyridine rings is 1. The predicted octanol–water partition coefficient (Wildman–Crippen LogP) is 2.70. The molecule has 0 spiro atoms. The molecule has 0 radical (unpaired) electrons.